The van der Waals surface area contributed by atoms with Crippen molar-refractivity contribution >= 4 is 23.0 Å². The first-order chi connectivity index (χ1) is 13.5. The van der Waals surface area contributed by atoms with Crippen LogP contribution in [0.4, 0.5) is 14.5 Å². The number of hydrogen-bond acceptors (Lipinski definition) is 4. The van der Waals surface area contributed by atoms with Crippen LogP contribution >= 0.6 is 12.2 Å². The Bertz CT molecular complexity index is 805. The number of halogens is 2. The molecule has 1 aromatic carbocycles. The molecule has 1 fully saturated rings. The highest BCUT2D eigenvalue weighted by Gasteiger charge is 2.21. The van der Waals surface area contributed by atoms with Crippen molar-refractivity contribution in [3.8, 4) is 5.75 Å². The first-order valence-electron chi connectivity index (χ1n) is 9.31. The van der Waals surface area contributed by atoms with Gasteiger partial charge in [0.05, 0.1) is 11.4 Å². The third-order valence-corrected chi connectivity index (χ3v) is 5.13. The minimum atomic E-state index is -2.87. The van der Waals surface area contributed by atoms with Crippen molar-refractivity contribution in [1.29, 1.82) is 0 Å². The smallest absolute Gasteiger partial charge is 0.387 e. The lowest BCUT2D eigenvalue weighted by atomic mass is 10.2. The molecule has 1 aliphatic rings. The number of nitrogens with zero attached hydrogens (tertiary/aromatic N) is 4. The van der Waals surface area contributed by atoms with Gasteiger partial charge >= 0.3 is 6.61 Å². The Hall–Kier alpha value is -2.26. The molecule has 152 valence electrons. The lowest BCUT2D eigenvalue weighted by Gasteiger charge is -2.36. The lowest BCUT2D eigenvalue weighted by Crippen LogP contribution is -2.49. The molecule has 0 unspecified atom stereocenters. The van der Waals surface area contributed by atoms with Crippen LogP contribution in [0.25, 0.3) is 0 Å². The van der Waals surface area contributed by atoms with E-state index in [9.17, 15) is 8.78 Å². The maximum Gasteiger partial charge on any atom is 0.387 e. The molecule has 6 nitrogen and oxygen atoms in total. The second-order valence-corrected chi connectivity index (χ2v) is 7.05. The maximum atomic E-state index is 12.6. The summed E-state index contributed by atoms with van der Waals surface area (Å²) >= 11 is 5.48. The van der Waals surface area contributed by atoms with Gasteiger partial charge in [0.15, 0.2) is 5.11 Å². The zero-order chi connectivity index (χ0) is 20.1. The van der Waals surface area contributed by atoms with E-state index in [0.717, 1.165) is 45.0 Å². The van der Waals surface area contributed by atoms with Crippen LogP contribution in [-0.2, 0) is 13.1 Å². The summed E-state index contributed by atoms with van der Waals surface area (Å²) in [5.41, 5.74) is 2.75. The summed E-state index contributed by atoms with van der Waals surface area (Å²) in [6.07, 6.45) is 2.10. The number of benzene rings is 1. The van der Waals surface area contributed by atoms with Gasteiger partial charge in [-0.3, -0.25) is 9.58 Å². The van der Waals surface area contributed by atoms with Crippen molar-refractivity contribution in [3.63, 3.8) is 0 Å². The quantitative estimate of drug-likeness (QED) is 0.739. The number of nitrogens with one attached hydrogen (secondary N) is 1. The Morgan fingerprint density at radius 1 is 1.25 bits per heavy atom. The number of hydrogen-bond donors (Lipinski definition) is 1. The average molecular weight is 410 g/mol. The summed E-state index contributed by atoms with van der Waals surface area (Å²) in [5.74, 6) is 0.0851. The fourth-order valence-corrected chi connectivity index (χ4v) is 3.48. The molecular weight excluding hydrogens is 384 g/mol. The van der Waals surface area contributed by atoms with Crippen molar-refractivity contribution < 1.29 is 13.5 Å². The fourth-order valence-electron chi connectivity index (χ4n) is 3.19. The molecule has 0 amide bonds. The zero-order valence-electron chi connectivity index (χ0n) is 16.1. The Labute approximate surface area is 169 Å². The first-order valence-corrected chi connectivity index (χ1v) is 9.72. The molecule has 0 radical (unpaired) electrons. The van der Waals surface area contributed by atoms with Gasteiger partial charge in [0.1, 0.15) is 5.75 Å². The molecule has 3 rings (SSSR count). The van der Waals surface area contributed by atoms with Crippen LogP contribution in [0.2, 0.25) is 0 Å². The van der Waals surface area contributed by atoms with E-state index in [1.54, 1.807) is 18.2 Å². The molecule has 1 N–H and O–H groups in total. The minimum absolute atomic E-state index is 0.0851. The lowest BCUT2D eigenvalue weighted by molar-refractivity contribution is -0.0493. The normalized spacial score (nSPS) is 15.1. The number of rotatable bonds is 6. The van der Waals surface area contributed by atoms with Crippen LogP contribution in [0.3, 0.4) is 0 Å². The molecule has 0 bridgehead atoms. The average Bonchev–Trinajstić information content (AvgIpc) is 3.03. The third-order valence-electron chi connectivity index (χ3n) is 4.77. The Kier molecular flexibility index (Phi) is 6.79. The van der Waals surface area contributed by atoms with E-state index in [2.05, 4.69) is 33.2 Å². The van der Waals surface area contributed by atoms with Gasteiger partial charge < -0.3 is 15.0 Å². The molecule has 2 aromatic rings. The number of anilines is 1. The standard InChI is InChI=1S/C19H25F2N5OS/c1-3-26-13-15(14(2)23-26)12-24-8-10-25(11-9-24)19(28)22-16-6-4-5-7-17(16)27-18(20)21/h4-7,13,18H,3,8-12H2,1-2H3,(H,22,28). The van der Waals surface area contributed by atoms with E-state index in [-0.39, 0.29) is 5.75 Å². The molecule has 0 atom stereocenters. The largest absolute Gasteiger partial charge is 0.433 e. The zero-order valence-corrected chi connectivity index (χ0v) is 16.9. The van der Waals surface area contributed by atoms with Crippen LogP contribution < -0.4 is 10.1 Å². The highest BCUT2D eigenvalue weighted by molar-refractivity contribution is 7.80. The number of thiocarbonyl (C=S) groups is 1. The van der Waals surface area contributed by atoms with Gasteiger partial charge in [-0.15, -0.1) is 0 Å². The number of piperazine rings is 1. The molecular formula is C19H25F2N5OS. The van der Waals surface area contributed by atoms with Crippen LogP contribution in [0.15, 0.2) is 30.5 Å². The highest BCUT2D eigenvalue weighted by Crippen LogP contribution is 2.26. The van der Waals surface area contributed by atoms with Crippen molar-refractivity contribution in [2.24, 2.45) is 0 Å². The number of aromatic nitrogens is 2. The number of ether oxygens (including phenoxy) is 1. The van der Waals surface area contributed by atoms with Crippen molar-refractivity contribution in [3.05, 3.63) is 41.7 Å². The summed E-state index contributed by atoms with van der Waals surface area (Å²) < 4.78 is 31.6. The molecule has 0 saturated carbocycles. The first kappa shape index (κ1) is 20.5. The number of alkyl halides is 2. The van der Waals surface area contributed by atoms with Crippen LogP contribution in [0.5, 0.6) is 5.75 Å². The van der Waals surface area contributed by atoms with Crippen LogP contribution in [0, 0.1) is 6.92 Å². The maximum absolute atomic E-state index is 12.6. The van der Waals surface area contributed by atoms with Crippen LogP contribution in [-0.4, -0.2) is 57.5 Å². The van der Waals surface area contributed by atoms with Gasteiger partial charge in [0.25, 0.3) is 0 Å². The SMILES string of the molecule is CCn1cc(CN2CCN(C(=S)Nc3ccccc3OC(F)F)CC2)c(C)n1. The van der Waals surface area contributed by atoms with Gasteiger partial charge in [0.2, 0.25) is 0 Å². The molecule has 2 heterocycles. The summed E-state index contributed by atoms with van der Waals surface area (Å²) in [6.45, 7) is 6.25. The molecule has 1 aromatic heterocycles. The van der Waals surface area contributed by atoms with E-state index in [0.29, 0.717) is 10.8 Å². The van der Waals surface area contributed by atoms with E-state index < -0.39 is 6.61 Å². The monoisotopic (exact) mass is 409 g/mol. The predicted octanol–water partition coefficient (Wildman–Crippen LogP) is 3.33. The van der Waals surface area contributed by atoms with E-state index in [1.165, 1.54) is 11.6 Å². The van der Waals surface area contributed by atoms with Gasteiger partial charge in [0, 0.05) is 51.0 Å². The van der Waals surface area contributed by atoms with Crippen molar-refractivity contribution in [1.82, 2.24) is 19.6 Å². The third kappa shape index (κ3) is 5.17. The molecule has 1 saturated heterocycles. The Morgan fingerprint density at radius 3 is 2.61 bits per heavy atom. The molecule has 9 heteroatoms. The predicted molar refractivity (Wildman–Crippen MR) is 109 cm³/mol. The second-order valence-electron chi connectivity index (χ2n) is 6.66. The Morgan fingerprint density at radius 2 is 1.96 bits per heavy atom. The summed E-state index contributed by atoms with van der Waals surface area (Å²) in [6, 6.07) is 6.57. The summed E-state index contributed by atoms with van der Waals surface area (Å²) in [7, 11) is 0. The fraction of sp³-hybridized carbons (Fsp3) is 0.474. The molecule has 28 heavy (non-hydrogen) atoms. The summed E-state index contributed by atoms with van der Waals surface area (Å²) in [5, 5.41) is 8.05. The second kappa shape index (κ2) is 9.29. The van der Waals surface area contributed by atoms with Gasteiger partial charge in [-0.25, -0.2) is 0 Å². The Balaban J connectivity index is 1.53. The summed E-state index contributed by atoms with van der Waals surface area (Å²) in [4.78, 5) is 4.42. The van der Waals surface area contributed by atoms with Gasteiger partial charge in [-0.1, -0.05) is 12.1 Å². The van der Waals surface area contributed by atoms with E-state index in [4.69, 9.17) is 12.2 Å². The molecule has 1 aliphatic heterocycles. The van der Waals surface area contributed by atoms with Gasteiger partial charge in [-0.2, -0.15) is 13.9 Å². The van der Waals surface area contributed by atoms with Crippen LogP contribution in [0.1, 0.15) is 18.2 Å². The van der Waals surface area contributed by atoms with Gasteiger partial charge in [-0.05, 0) is 38.2 Å². The number of aryl methyl sites for hydroxylation is 2. The molecule has 0 aliphatic carbocycles. The van der Waals surface area contributed by atoms with Crippen molar-refractivity contribution in [2.45, 2.75) is 33.5 Å². The topological polar surface area (TPSA) is 45.6 Å². The highest BCUT2D eigenvalue weighted by atomic mass is 32.1. The minimum Gasteiger partial charge on any atom is -0.433 e. The molecule has 0 spiro atoms. The van der Waals surface area contributed by atoms with E-state index >= 15 is 0 Å². The van der Waals surface area contributed by atoms with E-state index in [1.807, 2.05) is 16.5 Å². The van der Waals surface area contributed by atoms with Crippen molar-refractivity contribution in [2.75, 3.05) is 31.5 Å². The number of para-hydroxylation sites is 2.